The summed E-state index contributed by atoms with van der Waals surface area (Å²) in [7, 11) is -3.48. The van der Waals surface area contributed by atoms with Gasteiger partial charge in [0.1, 0.15) is 5.60 Å². The first-order chi connectivity index (χ1) is 8.31. The van der Waals surface area contributed by atoms with Gasteiger partial charge in [-0.3, -0.25) is 4.18 Å². The van der Waals surface area contributed by atoms with Crippen molar-refractivity contribution in [2.75, 3.05) is 6.26 Å². The summed E-state index contributed by atoms with van der Waals surface area (Å²) in [5.74, 6) is 0. The minimum absolute atomic E-state index is 0.158. The Balaban J connectivity index is 2.54. The molecule has 1 saturated carbocycles. The lowest BCUT2D eigenvalue weighted by molar-refractivity contribution is -0.0530. The Labute approximate surface area is 115 Å². The van der Waals surface area contributed by atoms with E-state index in [4.69, 9.17) is 8.92 Å². The second-order valence-electron chi connectivity index (χ2n) is 6.54. The van der Waals surface area contributed by atoms with E-state index in [9.17, 15) is 13.2 Å². The molecule has 0 aromatic carbocycles. The van der Waals surface area contributed by atoms with Gasteiger partial charge >= 0.3 is 6.09 Å². The molecule has 0 aliphatic heterocycles. The average molecular weight is 293 g/mol. The van der Waals surface area contributed by atoms with E-state index in [1.54, 1.807) is 20.8 Å². The summed E-state index contributed by atoms with van der Waals surface area (Å²) in [5, 5.41) is 2.74. The van der Waals surface area contributed by atoms with Crippen LogP contribution in [0, 0.1) is 5.41 Å². The quantitative estimate of drug-likeness (QED) is 0.800. The highest BCUT2D eigenvalue weighted by Crippen LogP contribution is 2.43. The van der Waals surface area contributed by atoms with Crippen molar-refractivity contribution in [3.05, 3.63) is 0 Å². The molecule has 0 bridgehead atoms. The molecule has 1 N–H and O–H groups in total. The van der Waals surface area contributed by atoms with Gasteiger partial charge in [0.25, 0.3) is 10.1 Å². The number of nitrogens with one attached hydrogen (secondary N) is 1. The molecule has 0 radical (unpaired) electrons. The van der Waals surface area contributed by atoms with Crippen molar-refractivity contribution >= 4 is 16.2 Å². The van der Waals surface area contributed by atoms with Gasteiger partial charge in [0.05, 0.1) is 12.4 Å². The molecule has 1 fully saturated rings. The third-order valence-corrected chi connectivity index (χ3v) is 3.74. The Morgan fingerprint density at radius 2 is 1.84 bits per heavy atom. The van der Waals surface area contributed by atoms with Crippen molar-refractivity contribution in [3.8, 4) is 0 Å². The first-order valence-electron chi connectivity index (χ1n) is 6.19. The van der Waals surface area contributed by atoms with Crippen molar-refractivity contribution in [2.45, 2.75) is 58.8 Å². The van der Waals surface area contributed by atoms with Gasteiger partial charge in [-0.25, -0.2) is 4.79 Å². The third kappa shape index (κ3) is 4.65. The maximum Gasteiger partial charge on any atom is 0.407 e. The van der Waals surface area contributed by atoms with Crippen molar-refractivity contribution in [1.29, 1.82) is 0 Å². The van der Waals surface area contributed by atoms with Crippen LogP contribution >= 0.6 is 0 Å². The summed E-state index contributed by atoms with van der Waals surface area (Å²) < 4.78 is 32.4. The molecule has 19 heavy (non-hydrogen) atoms. The van der Waals surface area contributed by atoms with Crippen LogP contribution < -0.4 is 5.32 Å². The lowest BCUT2D eigenvalue weighted by Gasteiger charge is -2.50. The second-order valence-corrected chi connectivity index (χ2v) is 8.15. The second kappa shape index (κ2) is 4.94. The minimum Gasteiger partial charge on any atom is -0.444 e. The number of amides is 1. The van der Waals surface area contributed by atoms with Crippen LogP contribution in [0.5, 0.6) is 0 Å². The highest BCUT2D eigenvalue weighted by Gasteiger charge is 2.51. The number of hydrogen-bond acceptors (Lipinski definition) is 5. The van der Waals surface area contributed by atoms with E-state index in [0.29, 0.717) is 6.42 Å². The third-order valence-electron chi connectivity index (χ3n) is 3.16. The summed E-state index contributed by atoms with van der Waals surface area (Å²) in [5.41, 5.74) is -0.999. The number of hydrogen-bond donors (Lipinski definition) is 1. The highest BCUT2D eigenvalue weighted by molar-refractivity contribution is 7.86. The summed E-state index contributed by atoms with van der Waals surface area (Å²) in [6, 6.07) is -0.158. The maximum atomic E-state index is 11.6. The van der Waals surface area contributed by atoms with Crippen molar-refractivity contribution in [2.24, 2.45) is 5.41 Å². The molecule has 0 heterocycles. The maximum absolute atomic E-state index is 11.6. The molecular weight excluding hydrogens is 270 g/mol. The number of ether oxygens (including phenoxy) is 1. The smallest absolute Gasteiger partial charge is 0.407 e. The van der Waals surface area contributed by atoms with Crippen LogP contribution in [0.25, 0.3) is 0 Å². The monoisotopic (exact) mass is 293 g/mol. The van der Waals surface area contributed by atoms with E-state index in [-0.39, 0.29) is 6.04 Å². The molecule has 0 aromatic heterocycles. The molecule has 1 aliphatic rings. The first kappa shape index (κ1) is 16.2. The fraction of sp³-hybridized carbons (Fsp3) is 0.917. The zero-order chi connectivity index (χ0) is 15.1. The zero-order valence-corrected chi connectivity index (χ0v) is 13.1. The van der Waals surface area contributed by atoms with Crippen LogP contribution in [0.1, 0.15) is 41.0 Å². The standard InChI is InChI=1S/C12H23NO5S/c1-11(2,3)17-10(14)13-8-7-9(12(8,4)5)18-19(6,15)16/h8-9H,7H2,1-6H3,(H,13,14). The highest BCUT2D eigenvalue weighted by atomic mass is 32.2. The van der Waals surface area contributed by atoms with Gasteiger partial charge in [0.15, 0.2) is 0 Å². The van der Waals surface area contributed by atoms with Gasteiger partial charge in [0, 0.05) is 11.5 Å². The number of carbonyl (C=O) groups is 1. The molecule has 1 aliphatic carbocycles. The van der Waals surface area contributed by atoms with E-state index in [1.165, 1.54) is 0 Å². The van der Waals surface area contributed by atoms with Crippen LogP contribution in [0.15, 0.2) is 0 Å². The van der Waals surface area contributed by atoms with Crippen molar-refractivity contribution < 1.29 is 22.1 Å². The normalized spacial score (nSPS) is 26.4. The van der Waals surface area contributed by atoms with Gasteiger partial charge in [0.2, 0.25) is 0 Å². The van der Waals surface area contributed by atoms with E-state index in [2.05, 4.69) is 5.32 Å². The van der Waals surface area contributed by atoms with E-state index in [0.717, 1.165) is 6.26 Å². The molecule has 2 unspecified atom stereocenters. The first-order valence-corrected chi connectivity index (χ1v) is 8.01. The fourth-order valence-electron chi connectivity index (χ4n) is 1.95. The van der Waals surface area contributed by atoms with Crippen molar-refractivity contribution in [3.63, 3.8) is 0 Å². The van der Waals surface area contributed by atoms with Crippen LogP contribution in [-0.2, 0) is 19.0 Å². The molecule has 1 amide bonds. The Morgan fingerprint density at radius 1 is 1.32 bits per heavy atom. The van der Waals surface area contributed by atoms with Crippen LogP contribution in [0.3, 0.4) is 0 Å². The summed E-state index contributed by atoms with van der Waals surface area (Å²) in [6.45, 7) is 9.07. The van der Waals surface area contributed by atoms with Gasteiger partial charge in [-0.15, -0.1) is 0 Å². The average Bonchev–Trinajstić information content (AvgIpc) is 2.11. The van der Waals surface area contributed by atoms with Gasteiger partial charge in [-0.1, -0.05) is 13.8 Å². The lowest BCUT2D eigenvalue weighted by atomic mass is 9.65. The lowest BCUT2D eigenvalue weighted by Crippen LogP contribution is -2.62. The Morgan fingerprint density at radius 3 is 2.21 bits per heavy atom. The topological polar surface area (TPSA) is 81.7 Å². The number of carbonyl (C=O) groups excluding carboxylic acids is 1. The fourth-order valence-corrected chi connectivity index (χ4v) is 2.70. The van der Waals surface area contributed by atoms with E-state index in [1.807, 2.05) is 13.8 Å². The number of alkyl carbamates (subject to hydrolysis) is 1. The Kier molecular flexibility index (Phi) is 4.22. The van der Waals surface area contributed by atoms with Gasteiger partial charge in [-0.2, -0.15) is 8.42 Å². The van der Waals surface area contributed by atoms with Gasteiger partial charge in [-0.05, 0) is 27.2 Å². The zero-order valence-electron chi connectivity index (χ0n) is 12.3. The predicted octanol–water partition coefficient (Wildman–Crippen LogP) is 1.65. The molecule has 0 saturated heterocycles. The summed E-state index contributed by atoms with van der Waals surface area (Å²) >= 11 is 0. The summed E-state index contributed by atoms with van der Waals surface area (Å²) in [6.07, 6.45) is 0.572. The largest absolute Gasteiger partial charge is 0.444 e. The molecule has 6 nitrogen and oxygen atoms in total. The van der Waals surface area contributed by atoms with Crippen LogP contribution in [0.2, 0.25) is 0 Å². The SMILES string of the molecule is CC(C)(C)OC(=O)NC1CC(OS(C)(=O)=O)C1(C)C. The molecule has 112 valence electrons. The number of rotatable bonds is 3. The molecular formula is C12H23NO5S. The molecule has 0 aromatic rings. The molecule has 0 spiro atoms. The Bertz CT molecular complexity index is 449. The molecule has 2 atom stereocenters. The summed E-state index contributed by atoms with van der Waals surface area (Å²) in [4.78, 5) is 11.6. The molecule has 1 rings (SSSR count). The molecule has 7 heteroatoms. The predicted molar refractivity (Wildman–Crippen MR) is 71.3 cm³/mol. The van der Waals surface area contributed by atoms with Crippen LogP contribution in [0.4, 0.5) is 4.79 Å². The van der Waals surface area contributed by atoms with Gasteiger partial charge < -0.3 is 10.1 Å². The Hall–Kier alpha value is -0.820. The van der Waals surface area contributed by atoms with Crippen LogP contribution in [-0.4, -0.2) is 38.5 Å². The van der Waals surface area contributed by atoms with E-state index < -0.39 is 33.3 Å². The minimum atomic E-state index is -3.48. The van der Waals surface area contributed by atoms with E-state index >= 15 is 0 Å². The van der Waals surface area contributed by atoms with Crippen molar-refractivity contribution in [1.82, 2.24) is 5.32 Å².